The Morgan fingerprint density at radius 2 is 1.28 bits per heavy atom. The van der Waals surface area contributed by atoms with Crippen molar-refractivity contribution >= 4 is 19.2 Å². The summed E-state index contributed by atoms with van der Waals surface area (Å²) in [5.74, 6) is -1.83. The summed E-state index contributed by atoms with van der Waals surface area (Å²) < 4.78 is 27.0. The van der Waals surface area contributed by atoms with E-state index in [9.17, 15) is 23.4 Å². The van der Waals surface area contributed by atoms with Crippen molar-refractivity contribution in [2.45, 2.75) is 52.2 Å². The lowest BCUT2D eigenvalue weighted by Crippen LogP contribution is -2.54. The normalized spacial score (nSPS) is 14.1. The van der Waals surface area contributed by atoms with Crippen LogP contribution in [0.1, 0.15) is 49.4 Å². The number of likely N-dealkylation sites (N-methyl/N-ethyl adjacent to an activating group) is 1. The van der Waals surface area contributed by atoms with Gasteiger partial charge in [-0.2, -0.15) is 0 Å². The van der Waals surface area contributed by atoms with Crippen LogP contribution in [0, 0.1) is 17.2 Å². The van der Waals surface area contributed by atoms with Gasteiger partial charge in [-0.25, -0.2) is 4.39 Å². The molecule has 4 aromatic carbocycles. The number of amides is 2. The summed E-state index contributed by atoms with van der Waals surface area (Å²) in [6.45, 7) is 5.59. The molecule has 2 amide bonds. The van der Waals surface area contributed by atoms with E-state index >= 15 is 0 Å². The van der Waals surface area contributed by atoms with E-state index in [2.05, 4.69) is 22.8 Å². The van der Waals surface area contributed by atoms with Gasteiger partial charge < -0.3 is 15.5 Å². The van der Waals surface area contributed by atoms with Crippen LogP contribution in [0.5, 0.6) is 0 Å². The molecule has 0 fully saturated rings. The van der Waals surface area contributed by atoms with Crippen LogP contribution in [0.2, 0.25) is 0 Å². The van der Waals surface area contributed by atoms with Gasteiger partial charge in [0.05, 0.1) is 0 Å². The first-order valence-electron chi connectivity index (χ1n) is 15.6. The molecule has 242 valence electrons. The fourth-order valence-electron chi connectivity index (χ4n) is 5.52. The molecule has 6 nitrogen and oxygen atoms in total. The second-order valence-corrected chi connectivity index (χ2v) is 15.4. The minimum absolute atomic E-state index is 0.0487. The van der Waals surface area contributed by atoms with Gasteiger partial charge in [-0.1, -0.05) is 112 Å². The Hall–Kier alpha value is -4.06. The molecule has 0 heterocycles. The summed E-state index contributed by atoms with van der Waals surface area (Å²) in [7, 11) is -2.26. The Labute approximate surface area is 271 Å². The van der Waals surface area contributed by atoms with Crippen LogP contribution in [-0.4, -0.2) is 36.0 Å². The first-order chi connectivity index (χ1) is 21.8. The number of benzene rings is 4. The Morgan fingerprint density at radius 1 is 0.761 bits per heavy atom. The average Bonchev–Trinajstić information content (AvgIpc) is 3.03. The second kappa shape index (κ2) is 15.5. The first-order valence-corrected chi connectivity index (χ1v) is 17.7. The first kappa shape index (κ1) is 34.8. The van der Waals surface area contributed by atoms with Gasteiger partial charge in [0.25, 0.3) is 0 Å². The Kier molecular flexibility index (Phi) is 11.7. The van der Waals surface area contributed by atoms with E-state index < -0.39 is 30.7 Å². The highest BCUT2D eigenvalue weighted by atomic mass is 31.2. The van der Waals surface area contributed by atoms with Crippen molar-refractivity contribution < 1.29 is 23.4 Å². The van der Waals surface area contributed by atoms with E-state index in [0.717, 1.165) is 34.2 Å². The summed E-state index contributed by atoms with van der Waals surface area (Å²) in [5, 5.41) is 5.50. The molecule has 0 radical (unpaired) electrons. The van der Waals surface area contributed by atoms with E-state index in [0.29, 0.717) is 12.8 Å². The third-order valence-corrected chi connectivity index (χ3v) is 10.0. The maximum absolute atomic E-state index is 13.7. The maximum atomic E-state index is 13.7. The SMILES string of the molecule is CNC(=O)C(NC(=O)C(CCc1ccc(-c2ccc(F)cc2)cc1)CP(=O)(O)Cc1ccc(Cc2ccccc2)cc1)C(C)(C)C. The topological polar surface area (TPSA) is 95.5 Å². The van der Waals surface area contributed by atoms with E-state index in [1.807, 2.05) is 87.5 Å². The highest BCUT2D eigenvalue weighted by molar-refractivity contribution is 7.57. The lowest BCUT2D eigenvalue weighted by Gasteiger charge is -2.31. The van der Waals surface area contributed by atoms with Crippen LogP contribution in [-0.2, 0) is 33.2 Å². The molecule has 8 heteroatoms. The van der Waals surface area contributed by atoms with E-state index in [1.54, 1.807) is 12.1 Å². The monoisotopic (exact) mass is 642 g/mol. The molecule has 3 unspecified atom stereocenters. The molecule has 4 rings (SSSR count). The fraction of sp³-hybridized carbons (Fsp3) is 0.316. The van der Waals surface area contributed by atoms with E-state index in [4.69, 9.17) is 0 Å². The zero-order valence-electron chi connectivity index (χ0n) is 27.0. The number of carbonyl (C=O) groups excluding carboxylic acids is 2. The second-order valence-electron chi connectivity index (χ2n) is 13.0. The van der Waals surface area contributed by atoms with Crippen LogP contribution in [0.25, 0.3) is 11.1 Å². The molecule has 46 heavy (non-hydrogen) atoms. The van der Waals surface area contributed by atoms with Gasteiger partial charge in [-0.15, -0.1) is 0 Å². The Balaban J connectivity index is 1.48. The zero-order valence-corrected chi connectivity index (χ0v) is 27.9. The van der Waals surface area contributed by atoms with Crippen molar-refractivity contribution in [3.05, 3.63) is 131 Å². The predicted molar refractivity (Wildman–Crippen MR) is 183 cm³/mol. The van der Waals surface area contributed by atoms with Crippen molar-refractivity contribution in [1.29, 1.82) is 0 Å². The standard InChI is InChI=1S/C38H44FN2O4P/c1-38(2,3)35(37(43)40-4)41-36(42)33(19-16-27-14-17-31(18-15-27)32-20-22-34(39)23-21-32)26-46(44,45)25-30-12-10-29(11-13-30)24-28-8-6-5-7-9-28/h5-15,17-18,20-23,33,35H,16,19,24-26H2,1-4H3,(H,40,43)(H,41,42)(H,44,45). The summed E-state index contributed by atoms with van der Waals surface area (Å²) >= 11 is 0. The van der Waals surface area contributed by atoms with E-state index in [-0.39, 0.29) is 24.0 Å². The number of hydrogen-bond donors (Lipinski definition) is 3. The smallest absolute Gasteiger partial charge is 0.242 e. The number of nitrogens with one attached hydrogen (secondary N) is 2. The Morgan fingerprint density at radius 3 is 1.85 bits per heavy atom. The molecule has 0 aromatic heterocycles. The molecule has 0 spiro atoms. The molecule has 3 atom stereocenters. The van der Waals surface area contributed by atoms with Gasteiger partial charge in [-0.3, -0.25) is 14.2 Å². The molecule has 0 bridgehead atoms. The number of hydrogen-bond acceptors (Lipinski definition) is 3. The molecule has 3 N–H and O–H groups in total. The van der Waals surface area contributed by atoms with Gasteiger partial charge in [0.2, 0.25) is 19.2 Å². The van der Waals surface area contributed by atoms with Gasteiger partial charge >= 0.3 is 0 Å². The van der Waals surface area contributed by atoms with Crippen molar-refractivity contribution in [3.8, 4) is 11.1 Å². The summed E-state index contributed by atoms with van der Waals surface area (Å²) in [5.41, 5.74) is 5.25. The summed E-state index contributed by atoms with van der Waals surface area (Å²) in [6, 6.07) is 31.1. The minimum atomic E-state index is -3.79. The van der Waals surface area contributed by atoms with Crippen molar-refractivity contribution in [2.75, 3.05) is 13.2 Å². The average molecular weight is 643 g/mol. The fourth-order valence-corrected chi connectivity index (χ4v) is 7.47. The highest BCUT2D eigenvalue weighted by Crippen LogP contribution is 2.47. The van der Waals surface area contributed by atoms with Gasteiger partial charge in [0.15, 0.2) is 0 Å². The lowest BCUT2D eigenvalue weighted by atomic mass is 9.85. The van der Waals surface area contributed by atoms with Crippen molar-refractivity contribution in [2.24, 2.45) is 11.3 Å². The van der Waals surface area contributed by atoms with Crippen LogP contribution < -0.4 is 10.6 Å². The highest BCUT2D eigenvalue weighted by Gasteiger charge is 2.36. The van der Waals surface area contributed by atoms with E-state index in [1.165, 1.54) is 24.7 Å². The number of aryl methyl sites for hydroxylation is 1. The minimum Gasteiger partial charge on any atom is -0.357 e. The third kappa shape index (κ3) is 10.2. The summed E-state index contributed by atoms with van der Waals surface area (Å²) in [4.78, 5) is 37.6. The van der Waals surface area contributed by atoms with Gasteiger partial charge in [0, 0.05) is 25.3 Å². The molecule has 4 aromatic rings. The Bertz CT molecular complexity index is 1630. The molecule has 0 saturated carbocycles. The zero-order chi connectivity index (χ0) is 33.3. The van der Waals surface area contributed by atoms with Crippen LogP contribution in [0.4, 0.5) is 4.39 Å². The molecular weight excluding hydrogens is 598 g/mol. The third-order valence-electron chi connectivity index (χ3n) is 8.15. The van der Waals surface area contributed by atoms with Crippen LogP contribution in [0.3, 0.4) is 0 Å². The van der Waals surface area contributed by atoms with Gasteiger partial charge in [-0.05, 0) is 70.2 Å². The lowest BCUT2D eigenvalue weighted by molar-refractivity contribution is -0.133. The quantitative estimate of drug-likeness (QED) is 0.133. The number of halogens is 1. The number of carbonyl (C=O) groups is 2. The molecule has 0 aliphatic carbocycles. The summed E-state index contributed by atoms with van der Waals surface area (Å²) in [6.07, 6.45) is 1.34. The largest absolute Gasteiger partial charge is 0.357 e. The predicted octanol–water partition coefficient (Wildman–Crippen LogP) is 7.38. The molecule has 0 saturated heterocycles. The maximum Gasteiger partial charge on any atom is 0.242 e. The van der Waals surface area contributed by atoms with Crippen molar-refractivity contribution in [3.63, 3.8) is 0 Å². The van der Waals surface area contributed by atoms with Crippen molar-refractivity contribution in [1.82, 2.24) is 10.6 Å². The molecular formula is C38H44FN2O4P. The molecule has 0 aliphatic rings. The van der Waals surface area contributed by atoms with Gasteiger partial charge in [0.1, 0.15) is 11.9 Å². The molecule has 0 aliphatic heterocycles. The number of rotatable bonds is 13. The van der Waals surface area contributed by atoms with Crippen LogP contribution in [0.15, 0.2) is 103 Å². The van der Waals surface area contributed by atoms with Crippen LogP contribution >= 0.6 is 7.37 Å².